The van der Waals surface area contributed by atoms with Gasteiger partial charge in [-0.25, -0.2) is 4.98 Å². The van der Waals surface area contributed by atoms with Gasteiger partial charge in [-0.2, -0.15) is 0 Å². The molecule has 3 heteroatoms. The average molecular weight is 263 g/mol. The highest BCUT2D eigenvalue weighted by Gasteiger charge is 2.28. The lowest BCUT2D eigenvalue weighted by atomic mass is 9.97. The summed E-state index contributed by atoms with van der Waals surface area (Å²) in [5, 5.41) is 0. The first-order chi connectivity index (χ1) is 9.34. The van der Waals surface area contributed by atoms with Crippen molar-refractivity contribution in [1.29, 1.82) is 0 Å². The van der Waals surface area contributed by atoms with Crippen LogP contribution in [0.3, 0.4) is 0 Å². The maximum Gasteiger partial charge on any atom is 0.153 e. The van der Waals surface area contributed by atoms with Crippen molar-refractivity contribution in [2.75, 3.05) is 0 Å². The zero-order valence-corrected chi connectivity index (χ0v) is 11.2. The van der Waals surface area contributed by atoms with Gasteiger partial charge in [-0.05, 0) is 28.8 Å². The molecule has 2 nitrogen and oxygen atoms in total. The third kappa shape index (κ3) is 1.55. The fourth-order valence-corrected chi connectivity index (χ4v) is 3.49. The maximum atomic E-state index is 4.37. The molecule has 1 atom stereocenters. The van der Waals surface area contributed by atoms with Crippen molar-refractivity contribution < 1.29 is 0 Å². The minimum atomic E-state index is 0.422. The minimum absolute atomic E-state index is 0.422. The molecule has 2 aromatic heterocycles. The summed E-state index contributed by atoms with van der Waals surface area (Å²) in [5.74, 6) is 0.422. The summed E-state index contributed by atoms with van der Waals surface area (Å²) in [6.45, 7) is 2.24. The molecule has 0 aliphatic heterocycles. The third-order valence-electron chi connectivity index (χ3n) is 3.71. The van der Waals surface area contributed by atoms with Gasteiger partial charge in [-0.3, -0.25) is 4.98 Å². The van der Waals surface area contributed by atoms with Crippen LogP contribution in [0.4, 0.5) is 0 Å². The number of hydrogen-bond donors (Lipinski definition) is 0. The fourth-order valence-electron chi connectivity index (χ4n) is 2.70. The number of hydrogen-bond acceptors (Lipinski definition) is 3. The second kappa shape index (κ2) is 4.00. The number of thiazole rings is 1. The first-order valence-corrected chi connectivity index (χ1v) is 7.08. The van der Waals surface area contributed by atoms with Crippen molar-refractivity contribution in [2.45, 2.75) is 12.8 Å². The maximum absolute atomic E-state index is 4.37. The molecular formula is C16H11N2S. The monoisotopic (exact) mass is 263 g/mol. The quantitative estimate of drug-likeness (QED) is 0.659. The van der Waals surface area contributed by atoms with Crippen molar-refractivity contribution in [3.8, 4) is 22.4 Å². The summed E-state index contributed by atoms with van der Waals surface area (Å²) in [7, 11) is 0. The van der Waals surface area contributed by atoms with Gasteiger partial charge in [0.25, 0.3) is 0 Å². The Bertz CT molecular complexity index is 746. The van der Waals surface area contributed by atoms with Crippen molar-refractivity contribution in [3.05, 3.63) is 58.7 Å². The molecule has 1 radical (unpaired) electrons. The molecule has 91 valence electrons. The molecule has 0 spiro atoms. The zero-order chi connectivity index (χ0) is 12.8. The molecule has 1 aliphatic rings. The summed E-state index contributed by atoms with van der Waals surface area (Å²) in [4.78, 5) is 9.89. The molecule has 3 aromatic rings. The lowest BCUT2D eigenvalue weighted by Crippen LogP contribution is -1.89. The lowest BCUT2D eigenvalue weighted by Gasteiger charge is -2.08. The van der Waals surface area contributed by atoms with Crippen molar-refractivity contribution in [2.24, 2.45) is 0 Å². The molecule has 1 aromatic carbocycles. The van der Waals surface area contributed by atoms with Crippen LogP contribution in [0.15, 0.2) is 42.7 Å². The molecule has 1 aliphatic carbocycles. The summed E-state index contributed by atoms with van der Waals surface area (Å²) >= 11 is 1.63. The van der Waals surface area contributed by atoms with Gasteiger partial charge in [0.05, 0.1) is 5.69 Å². The van der Waals surface area contributed by atoms with E-state index in [1.54, 1.807) is 17.5 Å². The van der Waals surface area contributed by atoms with Crippen LogP contribution in [0.1, 0.15) is 23.3 Å². The Kier molecular flexibility index (Phi) is 2.29. The second-order valence-corrected chi connectivity index (χ2v) is 5.61. The Labute approximate surface area is 115 Å². The van der Waals surface area contributed by atoms with Crippen LogP contribution in [0.2, 0.25) is 0 Å². The van der Waals surface area contributed by atoms with E-state index in [9.17, 15) is 0 Å². The van der Waals surface area contributed by atoms with Gasteiger partial charge in [-0.15, -0.1) is 11.3 Å². The molecule has 0 N–H and O–H groups in total. The van der Waals surface area contributed by atoms with E-state index in [-0.39, 0.29) is 0 Å². The number of pyridine rings is 1. The average Bonchev–Trinajstić information content (AvgIpc) is 3.04. The lowest BCUT2D eigenvalue weighted by molar-refractivity contribution is 0.979. The summed E-state index contributed by atoms with van der Waals surface area (Å²) in [6, 6.07) is 10.7. The van der Waals surface area contributed by atoms with E-state index >= 15 is 0 Å². The van der Waals surface area contributed by atoms with Gasteiger partial charge < -0.3 is 0 Å². The number of fused-ring (bicyclic) bond motifs is 3. The Hall–Kier alpha value is -2.00. The molecule has 0 fully saturated rings. The number of rotatable bonds is 1. The third-order valence-corrected chi connectivity index (χ3v) is 4.66. The van der Waals surface area contributed by atoms with Gasteiger partial charge in [-0.1, -0.05) is 25.1 Å². The van der Waals surface area contributed by atoms with E-state index in [1.165, 1.54) is 21.6 Å². The Morgan fingerprint density at radius 3 is 3.00 bits per heavy atom. The van der Waals surface area contributed by atoms with Crippen LogP contribution in [-0.2, 0) is 0 Å². The molecule has 1 unspecified atom stereocenters. The molecule has 2 heterocycles. The standard InChI is InChI=1S/C16H11N2S/c1-10-14-7-11(12-3-2-6-17-8-12)4-5-13(14)15-16(10)19-9-18-15/h2-8,10H,1H3. The van der Waals surface area contributed by atoms with Crippen LogP contribution in [-0.4, -0.2) is 9.97 Å². The minimum Gasteiger partial charge on any atom is -0.264 e. The van der Waals surface area contributed by atoms with Gasteiger partial charge in [0, 0.05) is 28.8 Å². The van der Waals surface area contributed by atoms with E-state index in [2.05, 4.69) is 46.7 Å². The Morgan fingerprint density at radius 2 is 2.16 bits per heavy atom. The van der Waals surface area contributed by atoms with E-state index in [1.807, 2.05) is 12.3 Å². The highest BCUT2D eigenvalue weighted by Crippen LogP contribution is 2.46. The summed E-state index contributed by atoms with van der Waals surface area (Å²) < 4.78 is 0. The van der Waals surface area contributed by atoms with Crippen LogP contribution >= 0.6 is 11.3 Å². The van der Waals surface area contributed by atoms with Crippen LogP contribution in [0, 0.1) is 5.51 Å². The normalized spacial score (nSPS) is 16.2. The van der Waals surface area contributed by atoms with Crippen molar-refractivity contribution in [3.63, 3.8) is 0 Å². The van der Waals surface area contributed by atoms with Crippen LogP contribution in [0.5, 0.6) is 0 Å². The number of aromatic nitrogens is 2. The highest BCUT2D eigenvalue weighted by atomic mass is 32.1. The van der Waals surface area contributed by atoms with E-state index in [4.69, 9.17) is 0 Å². The van der Waals surface area contributed by atoms with Crippen LogP contribution in [0.25, 0.3) is 22.4 Å². The fraction of sp³-hybridized carbons (Fsp3) is 0.125. The largest absolute Gasteiger partial charge is 0.264 e. The Balaban J connectivity index is 1.88. The first-order valence-electron chi connectivity index (χ1n) is 6.26. The Morgan fingerprint density at radius 1 is 1.21 bits per heavy atom. The first kappa shape index (κ1) is 10.9. The van der Waals surface area contributed by atoms with Gasteiger partial charge in [0.2, 0.25) is 0 Å². The second-order valence-electron chi connectivity index (χ2n) is 4.78. The van der Waals surface area contributed by atoms with Crippen molar-refractivity contribution in [1.82, 2.24) is 9.97 Å². The van der Waals surface area contributed by atoms with Crippen LogP contribution < -0.4 is 0 Å². The molecule has 19 heavy (non-hydrogen) atoms. The predicted molar refractivity (Wildman–Crippen MR) is 77.1 cm³/mol. The number of benzene rings is 1. The predicted octanol–water partition coefficient (Wildman–Crippen LogP) is 4.14. The van der Waals surface area contributed by atoms with Gasteiger partial charge in [0.15, 0.2) is 5.51 Å². The molecule has 0 amide bonds. The van der Waals surface area contributed by atoms with Gasteiger partial charge in [0.1, 0.15) is 0 Å². The zero-order valence-electron chi connectivity index (χ0n) is 10.4. The van der Waals surface area contributed by atoms with E-state index < -0.39 is 0 Å². The molecule has 0 saturated carbocycles. The molecule has 0 saturated heterocycles. The smallest absolute Gasteiger partial charge is 0.153 e. The summed E-state index contributed by atoms with van der Waals surface area (Å²) in [5.41, 5.74) is 9.12. The topological polar surface area (TPSA) is 25.8 Å². The van der Waals surface area contributed by atoms with E-state index in [0.29, 0.717) is 5.92 Å². The van der Waals surface area contributed by atoms with Gasteiger partial charge >= 0.3 is 0 Å². The molecular weight excluding hydrogens is 252 g/mol. The molecule has 4 rings (SSSR count). The van der Waals surface area contributed by atoms with E-state index in [0.717, 1.165) is 11.3 Å². The molecule has 0 bridgehead atoms. The summed E-state index contributed by atoms with van der Waals surface area (Å²) in [6.07, 6.45) is 3.71. The number of nitrogens with zero attached hydrogens (tertiary/aromatic N) is 2. The van der Waals surface area contributed by atoms with Crippen molar-refractivity contribution >= 4 is 11.3 Å². The highest BCUT2D eigenvalue weighted by molar-refractivity contribution is 7.09. The SMILES string of the molecule is CC1c2cc(-c3cccnc3)ccc2-c2n[c]sc21.